The molecule has 1 aliphatic rings. The average Bonchev–Trinajstić information content (AvgIpc) is 2.39. The first kappa shape index (κ1) is 12.6. The van der Waals surface area contributed by atoms with Gasteiger partial charge in [0.2, 0.25) is 0 Å². The van der Waals surface area contributed by atoms with E-state index in [2.05, 4.69) is 36.5 Å². The molecule has 1 fully saturated rings. The number of aliphatic hydroxyl groups is 1. The van der Waals surface area contributed by atoms with E-state index in [4.69, 9.17) is 0 Å². The fourth-order valence-corrected chi connectivity index (χ4v) is 2.53. The molecule has 2 heteroatoms. The Kier molecular flexibility index (Phi) is 4.57. The van der Waals surface area contributed by atoms with Crippen molar-refractivity contribution in [2.24, 2.45) is 5.92 Å². The summed E-state index contributed by atoms with van der Waals surface area (Å²) in [5, 5.41) is 13.5. The van der Waals surface area contributed by atoms with Crippen LogP contribution in [0.3, 0.4) is 0 Å². The molecule has 0 aliphatic carbocycles. The van der Waals surface area contributed by atoms with Gasteiger partial charge in [-0.3, -0.25) is 0 Å². The summed E-state index contributed by atoms with van der Waals surface area (Å²) < 4.78 is 0. The first-order valence-corrected chi connectivity index (χ1v) is 6.70. The standard InChI is InChI=1S/C15H23NO/c1-12-2-4-13(5-3-12)6-7-15(17)14-8-10-16-11-9-14/h2-5,14-17H,6-11H2,1H3. The van der Waals surface area contributed by atoms with E-state index in [1.165, 1.54) is 11.1 Å². The highest BCUT2D eigenvalue weighted by atomic mass is 16.3. The second kappa shape index (κ2) is 6.18. The molecule has 1 heterocycles. The minimum Gasteiger partial charge on any atom is -0.393 e. The summed E-state index contributed by atoms with van der Waals surface area (Å²) in [6, 6.07) is 8.63. The fraction of sp³-hybridized carbons (Fsp3) is 0.600. The van der Waals surface area contributed by atoms with Crippen molar-refractivity contribution in [3.63, 3.8) is 0 Å². The molecule has 0 aromatic heterocycles. The van der Waals surface area contributed by atoms with E-state index < -0.39 is 0 Å². The Balaban J connectivity index is 1.78. The van der Waals surface area contributed by atoms with Crippen molar-refractivity contribution in [3.8, 4) is 0 Å². The van der Waals surface area contributed by atoms with Crippen LogP contribution in [0, 0.1) is 12.8 Å². The van der Waals surface area contributed by atoms with Crippen LogP contribution in [0.4, 0.5) is 0 Å². The van der Waals surface area contributed by atoms with Crippen LogP contribution in [0.1, 0.15) is 30.4 Å². The zero-order chi connectivity index (χ0) is 12.1. The molecular formula is C15H23NO. The molecule has 94 valence electrons. The molecule has 0 bridgehead atoms. The lowest BCUT2D eigenvalue weighted by Crippen LogP contribution is -2.34. The van der Waals surface area contributed by atoms with E-state index in [-0.39, 0.29) is 6.10 Å². The fourth-order valence-electron chi connectivity index (χ4n) is 2.53. The number of benzene rings is 1. The summed E-state index contributed by atoms with van der Waals surface area (Å²) in [5.41, 5.74) is 2.64. The van der Waals surface area contributed by atoms with Crippen LogP contribution in [0.25, 0.3) is 0 Å². The second-order valence-corrected chi connectivity index (χ2v) is 5.18. The quantitative estimate of drug-likeness (QED) is 0.836. The Morgan fingerprint density at radius 3 is 2.53 bits per heavy atom. The molecule has 0 radical (unpaired) electrons. The Morgan fingerprint density at radius 1 is 1.24 bits per heavy atom. The molecule has 1 saturated heterocycles. The van der Waals surface area contributed by atoms with E-state index in [1.54, 1.807) is 0 Å². The Labute approximate surface area is 104 Å². The van der Waals surface area contributed by atoms with Crippen LogP contribution >= 0.6 is 0 Å². The van der Waals surface area contributed by atoms with Crippen LogP contribution in [-0.4, -0.2) is 24.3 Å². The maximum Gasteiger partial charge on any atom is 0.0572 e. The Bertz CT molecular complexity index is 327. The van der Waals surface area contributed by atoms with Gasteiger partial charge in [0.25, 0.3) is 0 Å². The smallest absolute Gasteiger partial charge is 0.0572 e. The van der Waals surface area contributed by atoms with Gasteiger partial charge in [-0.1, -0.05) is 29.8 Å². The molecule has 1 aromatic rings. The molecule has 2 nitrogen and oxygen atoms in total. The van der Waals surface area contributed by atoms with Gasteiger partial charge in [0, 0.05) is 0 Å². The average molecular weight is 233 g/mol. The largest absolute Gasteiger partial charge is 0.393 e. The number of aliphatic hydroxyl groups excluding tert-OH is 1. The van der Waals surface area contributed by atoms with Crippen molar-refractivity contribution in [1.29, 1.82) is 0 Å². The molecule has 1 aromatic carbocycles. The molecule has 1 atom stereocenters. The summed E-state index contributed by atoms with van der Waals surface area (Å²) in [4.78, 5) is 0. The van der Waals surface area contributed by atoms with Crippen molar-refractivity contribution >= 4 is 0 Å². The zero-order valence-corrected chi connectivity index (χ0v) is 10.7. The topological polar surface area (TPSA) is 32.3 Å². The third-order valence-corrected chi connectivity index (χ3v) is 3.78. The predicted octanol–water partition coefficient (Wildman–Crippen LogP) is 2.29. The molecule has 1 unspecified atom stereocenters. The van der Waals surface area contributed by atoms with Gasteiger partial charge in [0.15, 0.2) is 0 Å². The number of rotatable bonds is 4. The van der Waals surface area contributed by atoms with Gasteiger partial charge in [-0.15, -0.1) is 0 Å². The lowest BCUT2D eigenvalue weighted by atomic mass is 9.89. The molecule has 0 saturated carbocycles. The van der Waals surface area contributed by atoms with Crippen LogP contribution in [0.15, 0.2) is 24.3 Å². The molecule has 2 N–H and O–H groups in total. The summed E-state index contributed by atoms with van der Waals surface area (Å²) in [6.45, 7) is 4.23. The highest BCUT2D eigenvalue weighted by Crippen LogP contribution is 2.20. The summed E-state index contributed by atoms with van der Waals surface area (Å²) >= 11 is 0. The van der Waals surface area contributed by atoms with Crippen LogP contribution in [-0.2, 0) is 6.42 Å². The minimum atomic E-state index is -0.126. The van der Waals surface area contributed by atoms with E-state index in [1.807, 2.05) is 0 Å². The molecular weight excluding hydrogens is 210 g/mol. The summed E-state index contributed by atoms with van der Waals surface area (Å²) in [7, 11) is 0. The molecule has 17 heavy (non-hydrogen) atoms. The highest BCUT2D eigenvalue weighted by molar-refractivity contribution is 5.21. The normalized spacial score (nSPS) is 19.2. The molecule has 0 amide bonds. The summed E-state index contributed by atoms with van der Waals surface area (Å²) in [5.74, 6) is 0.502. The van der Waals surface area contributed by atoms with Crippen LogP contribution in [0.2, 0.25) is 0 Å². The number of hydrogen-bond acceptors (Lipinski definition) is 2. The molecule has 1 aliphatic heterocycles. The zero-order valence-electron chi connectivity index (χ0n) is 10.7. The van der Waals surface area contributed by atoms with E-state index in [0.29, 0.717) is 5.92 Å². The maximum atomic E-state index is 10.2. The highest BCUT2D eigenvalue weighted by Gasteiger charge is 2.20. The van der Waals surface area contributed by atoms with Crippen molar-refractivity contribution < 1.29 is 5.11 Å². The number of aryl methyl sites for hydroxylation is 2. The van der Waals surface area contributed by atoms with Crippen LogP contribution in [0.5, 0.6) is 0 Å². The third-order valence-electron chi connectivity index (χ3n) is 3.78. The maximum absolute atomic E-state index is 10.2. The lowest BCUT2D eigenvalue weighted by Gasteiger charge is -2.27. The van der Waals surface area contributed by atoms with Gasteiger partial charge < -0.3 is 10.4 Å². The van der Waals surface area contributed by atoms with Gasteiger partial charge in [0.05, 0.1) is 6.10 Å². The van der Waals surface area contributed by atoms with Gasteiger partial charge in [-0.2, -0.15) is 0 Å². The first-order valence-electron chi connectivity index (χ1n) is 6.70. The SMILES string of the molecule is Cc1ccc(CCC(O)C2CCNCC2)cc1. The lowest BCUT2D eigenvalue weighted by molar-refractivity contribution is 0.0813. The van der Waals surface area contributed by atoms with Gasteiger partial charge in [-0.25, -0.2) is 0 Å². The monoisotopic (exact) mass is 233 g/mol. The minimum absolute atomic E-state index is 0.126. The van der Waals surface area contributed by atoms with Crippen molar-refractivity contribution in [2.75, 3.05) is 13.1 Å². The van der Waals surface area contributed by atoms with Crippen molar-refractivity contribution in [3.05, 3.63) is 35.4 Å². The Hall–Kier alpha value is -0.860. The van der Waals surface area contributed by atoms with Crippen LogP contribution < -0.4 is 5.32 Å². The summed E-state index contributed by atoms with van der Waals surface area (Å²) in [6.07, 6.45) is 4.00. The molecule has 2 rings (SSSR count). The Morgan fingerprint density at radius 2 is 1.88 bits per heavy atom. The van der Waals surface area contributed by atoms with E-state index >= 15 is 0 Å². The van der Waals surface area contributed by atoms with Crippen molar-refractivity contribution in [1.82, 2.24) is 5.32 Å². The van der Waals surface area contributed by atoms with Gasteiger partial charge in [-0.05, 0) is 57.2 Å². The van der Waals surface area contributed by atoms with Gasteiger partial charge >= 0.3 is 0 Å². The predicted molar refractivity (Wildman–Crippen MR) is 71.1 cm³/mol. The van der Waals surface area contributed by atoms with Crippen molar-refractivity contribution in [2.45, 2.75) is 38.7 Å². The van der Waals surface area contributed by atoms with E-state index in [0.717, 1.165) is 38.8 Å². The number of nitrogens with one attached hydrogen (secondary N) is 1. The second-order valence-electron chi connectivity index (χ2n) is 5.18. The van der Waals surface area contributed by atoms with Gasteiger partial charge in [0.1, 0.15) is 0 Å². The molecule has 0 spiro atoms. The third kappa shape index (κ3) is 3.83. The number of piperidine rings is 1. The number of hydrogen-bond donors (Lipinski definition) is 2. The first-order chi connectivity index (χ1) is 8.25. The van der Waals surface area contributed by atoms with E-state index in [9.17, 15) is 5.11 Å².